The second-order valence-corrected chi connectivity index (χ2v) is 4.31. The number of likely N-dealkylation sites (N-methyl/N-ethyl adjacent to an activating group) is 1. The maximum absolute atomic E-state index is 5.54. The number of furan rings is 1. The molecular formula is C13H17NO. The van der Waals surface area contributed by atoms with Gasteiger partial charge >= 0.3 is 0 Å². The van der Waals surface area contributed by atoms with Gasteiger partial charge in [0.1, 0.15) is 5.58 Å². The molecule has 2 heteroatoms. The molecule has 0 spiro atoms. The molecule has 0 radical (unpaired) electrons. The topological polar surface area (TPSA) is 16.4 Å². The van der Waals surface area contributed by atoms with Crippen LogP contribution in [0.1, 0.15) is 11.1 Å². The Morgan fingerprint density at radius 1 is 1.27 bits per heavy atom. The van der Waals surface area contributed by atoms with Gasteiger partial charge in [0, 0.05) is 11.9 Å². The van der Waals surface area contributed by atoms with Crippen molar-refractivity contribution < 1.29 is 4.42 Å². The minimum Gasteiger partial charge on any atom is -0.464 e. The van der Waals surface area contributed by atoms with Crippen LogP contribution in [0.2, 0.25) is 0 Å². The quantitative estimate of drug-likeness (QED) is 0.762. The lowest BCUT2D eigenvalue weighted by Crippen LogP contribution is -2.14. The molecule has 2 aromatic rings. The molecule has 0 amide bonds. The molecule has 0 atom stereocenters. The Hall–Kier alpha value is -1.28. The molecule has 0 unspecified atom stereocenters. The molecule has 1 heterocycles. The van der Waals surface area contributed by atoms with Crippen molar-refractivity contribution in [2.75, 3.05) is 20.6 Å². The Morgan fingerprint density at radius 3 is 2.80 bits per heavy atom. The first kappa shape index (κ1) is 10.2. The molecule has 0 aliphatic carbocycles. The first-order valence-corrected chi connectivity index (χ1v) is 5.28. The third kappa shape index (κ3) is 2.21. The summed E-state index contributed by atoms with van der Waals surface area (Å²) < 4.78 is 5.54. The zero-order valence-electron chi connectivity index (χ0n) is 9.58. The molecule has 1 aromatic heterocycles. The Bertz CT molecular complexity index is 457. The Balaban J connectivity index is 2.29. The summed E-state index contributed by atoms with van der Waals surface area (Å²) in [6.45, 7) is 3.14. The van der Waals surface area contributed by atoms with Crippen LogP contribution in [0.25, 0.3) is 11.0 Å². The second-order valence-electron chi connectivity index (χ2n) is 4.31. The molecule has 0 saturated heterocycles. The molecule has 2 nitrogen and oxygen atoms in total. The Morgan fingerprint density at radius 2 is 2.07 bits per heavy atom. The van der Waals surface area contributed by atoms with Crippen LogP contribution >= 0.6 is 0 Å². The van der Waals surface area contributed by atoms with Gasteiger partial charge in [-0.3, -0.25) is 0 Å². The number of hydrogen-bond acceptors (Lipinski definition) is 2. The van der Waals surface area contributed by atoms with Crippen LogP contribution in [-0.2, 0) is 6.42 Å². The van der Waals surface area contributed by atoms with Gasteiger partial charge in [-0.2, -0.15) is 0 Å². The number of hydrogen-bond donors (Lipinski definition) is 0. The Labute approximate surface area is 90.5 Å². The van der Waals surface area contributed by atoms with E-state index in [1.54, 1.807) is 0 Å². The van der Waals surface area contributed by atoms with Gasteiger partial charge in [-0.25, -0.2) is 0 Å². The molecule has 80 valence electrons. The van der Waals surface area contributed by atoms with Crippen LogP contribution in [0.3, 0.4) is 0 Å². The summed E-state index contributed by atoms with van der Waals surface area (Å²) in [7, 11) is 4.18. The van der Waals surface area contributed by atoms with Crippen LogP contribution in [0.5, 0.6) is 0 Å². The molecule has 0 aliphatic heterocycles. The fourth-order valence-electron chi connectivity index (χ4n) is 1.73. The number of nitrogens with zero attached hydrogens (tertiary/aromatic N) is 1. The molecular weight excluding hydrogens is 186 g/mol. The summed E-state index contributed by atoms with van der Waals surface area (Å²) in [5.74, 6) is 0. The van der Waals surface area contributed by atoms with E-state index in [9.17, 15) is 0 Å². The standard InChI is InChI=1S/C13H17NO/c1-10-4-5-12-11(6-7-14(2)3)9-15-13(12)8-10/h4-5,8-9H,6-7H2,1-3H3. The van der Waals surface area contributed by atoms with Crippen molar-refractivity contribution in [3.05, 3.63) is 35.6 Å². The van der Waals surface area contributed by atoms with Crippen molar-refractivity contribution in [1.82, 2.24) is 4.90 Å². The summed E-state index contributed by atoms with van der Waals surface area (Å²) in [6, 6.07) is 6.38. The van der Waals surface area contributed by atoms with E-state index in [1.807, 2.05) is 6.26 Å². The lowest BCUT2D eigenvalue weighted by molar-refractivity contribution is 0.413. The Kier molecular flexibility index (Phi) is 2.78. The summed E-state index contributed by atoms with van der Waals surface area (Å²) in [6.07, 6.45) is 2.93. The molecule has 0 fully saturated rings. The van der Waals surface area contributed by atoms with Gasteiger partial charge in [0.05, 0.1) is 6.26 Å². The molecule has 15 heavy (non-hydrogen) atoms. The maximum atomic E-state index is 5.54. The van der Waals surface area contributed by atoms with Crippen LogP contribution in [0, 0.1) is 6.92 Å². The van der Waals surface area contributed by atoms with Crippen molar-refractivity contribution in [2.24, 2.45) is 0 Å². The highest BCUT2D eigenvalue weighted by molar-refractivity contribution is 5.81. The molecule has 2 rings (SSSR count). The first-order valence-electron chi connectivity index (χ1n) is 5.28. The smallest absolute Gasteiger partial charge is 0.134 e. The maximum Gasteiger partial charge on any atom is 0.134 e. The van der Waals surface area contributed by atoms with Gasteiger partial charge in [0.25, 0.3) is 0 Å². The van der Waals surface area contributed by atoms with Crippen LogP contribution < -0.4 is 0 Å². The molecule has 0 saturated carbocycles. The van der Waals surface area contributed by atoms with Gasteiger partial charge in [0.15, 0.2) is 0 Å². The van der Waals surface area contributed by atoms with Crippen LogP contribution in [-0.4, -0.2) is 25.5 Å². The van der Waals surface area contributed by atoms with E-state index in [2.05, 4.69) is 44.1 Å². The van der Waals surface area contributed by atoms with Crippen LogP contribution in [0.15, 0.2) is 28.9 Å². The minimum atomic E-state index is 1.00. The van der Waals surface area contributed by atoms with E-state index >= 15 is 0 Å². The monoisotopic (exact) mass is 203 g/mol. The predicted molar refractivity (Wildman–Crippen MR) is 63.2 cm³/mol. The van der Waals surface area contributed by atoms with Crippen LogP contribution in [0.4, 0.5) is 0 Å². The highest BCUT2D eigenvalue weighted by atomic mass is 16.3. The second kappa shape index (κ2) is 4.07. The number of benzene rings is 1. The summed E-state index contributed by atoms with van der Waals surface area (Å²) in [5.41, 5.74) is 3.55. The van der Waals surface area contributed by atoms with Gasteiger partial charge in [-0.05, 0) is 44.6 Å². The highest BCUT2D eigenvalue weighted by Crippen LogP contribution is 2.22. The largest absolute Gasteiger partial charge is 0.464 e. The number of aryl methyl sites for hydroxylation is 1. The van der Waals surface area contributed by atoms with E-state index in [4.69, 9.17) is 4.42 Å². The number of rotatable bonds is 3. The van der Waals surface area contributed by atoms with Crippen molar-refractivity contribution in [3.63, 3.8) is 0 Å². The third-order valence-electron chi connectivity index (χ3n) is 2.64. The summed E-state index contributed by atoms with van der Waals surface area (Å²) in [4.78, 5) is 2.19. The van der Waals surface area contributed by atoms with Gasteiger partial charge in [-0.1, -0.05) is 12.1 Å². The zero-order chi connectivity index (χ0) is 10.8. The normalized spacial score (nSPS) is 11.5. The molecule has 0 bridgehead atoms. The average Bonchev–Trinajstić information content (AvgIpc) is 2.57. The lowest BCUT2D eigenvalue weighted by atomic mass is 10.1. The average molecular weight is 203 g/mol. The minimum absolute atomic E-state index is 1.00. The van der Waals surface area contributed by atoms with E-state index in [0.29, 0.717) is 0 Å². The van der Waals surface area contributed by atoms with E-state index < -0.39 is 0 Å². The van der Waals surface area contributed by atoms with Crippen molar-refractivity contribution in [2.45, 2.75) is 13.3 Å². The lowest BCUT2D eigenvalue weighted by Gasteiger charge is -2.07. The number of fused-ring (bicyclic) bond motifs is 1. The fourth-order valence-corrected chi connectivity index (χ4v) is 1.73. The molecule has 0 aliphatic rings. The van der Waals surface area contributed by atoms with Crippen molar-refractivity contribution in [3.8, 4) is 0 Å². The highest BCUT2D eigenvalue weighted by Gasteiger charge is 2.05. The predicted octanol–water partition coefficient (Wildman–Crippen LogP) is 2.85. The van der Waals surface area contributed by atoms with E-state index in [1.165, 1.54) is 16.5 Å². The SMILES string of the molecule is Cc1ccc2c(CCN(C)C)coc2c1. The van der Waals surface area contributed by atoms with Gasteiger partial charge < -0.3 is 9.32 Å². The van der Waals surface area contributed by atoms with Gasteiger partial charge in [-0.15, -0.1) is 0 Å². The summed E-state index contributed by atoms with van der Waals surface area (Å²) >= 11 is 0. The van der Waals surface area contributed by atoms with Crippen molar-refractivity contribution >= 4 is 11.0 Å². The first-order chi connectivity index (χ1) is 7.16. The van der Waals surface area contributed by atoms with E-state index in [-0.39, 0.29) is 0 Å². The molecule has 1 aromatic carbocycles. The fraction of sp³-hybridized carbons (Fsp3) is 0.385. The van der Waals surface area contributed by atoms with E-state index in [0.717, 1.165) is 18.5 Å². The zero-order valence-corrected chi connectivity index (χ0v) is 9.58. The van der Waals surface area contributed by atoms with Gasteiger partial charge in [0.2, 0.25) is 0 Å². The summed E-state index contributed by atoms with van der Waals surface area (Å²) in [5, 5.41) is 1.25. The third-order valence-corrected chi connectivity index (χ3v) is 2.64. The van der Waals surface area contributed by atoms with Crippen molar-refractivity contribution in [1.29, 1.82) is 0 Å². The molecule has 0 N–H and O–H groups in total.